The number of halogens is 3. The minimum absolute atomic E-state index is 0. The number of pyridine rings is 1. The maximum atomic E-state index is 14.1. The molecule has 0 N–H and O–H groups in total. The maximum absolute atomic E-state index is 14.1. The molecule has 4 heterocycles. The normalized spacial score (nSPS) is 15.0. The number of para-hydroxylation sites is 1. The SMILES string of the molecule is CN1[CH-]N2c3[c-]c(Oc4[c-]c5c(cc4)c4cc(C(F)(F)F)ccc4n5-c4ccccn4)ccc3C3(c4cccc1c42)c1c(cc(C(C)(C)C)cc1C(C)(C)C)-c1cc(C(C)(C)C)cc(C(C)(C)C)c13.[Pt]. The molecule has 0 saturated carbocycles. The second kappa shape index (κ2) is 15.6. The van der Waals surface area contributed by atoms with Gasteiger partial charge in [-0.2, -0.15) is 32.0 Å². The zero-order chi connectivity index (χ0) is 49.1. The molecule has 3 aliphatic rings. The first-order chi connectivity index (χ1) is 32.3. The molecule has 0 radical (unpaired) electrons. The number of hydrogen-bond acceptors (Lipinski definition) is 4. The van der Waals surface area contributed by atoms with E-state index in [1.54, 1.807) is 12.3 Å². The van der Waals surface area contributed by atoms with E-state index >= 15 is 0 Å². The molecule has 0 bridgehead atoms. The van der Waals surface area contributed by atoms with Gasteiger partial charge in [-0.1, -0.05) is 143 Å². The van der Waals surface area contributed by atoms with E-state index in [0.29, 0.717) is 39.1 Å². The Labute approximate surface area is 425 Å². The Hall–Kier alpha value is -5.85. The molecule has 70 heavy (non-hydrogen) atoms. The van der Waals surface area contributed by atoms with Crippen LogP contribution in [0.2, 0.25) is 0 Å². The quantitative estimate of drug-likeness (QED) is 0.165. The third kappa shape index (κ3) is 7.08. The van der Waals surface area contributed by atoms with Crippen molar-refractivity contribution in [2.45, 2.75) is 116 Å². The molecule has 5 nitrogen and oxygen atoms in total. The molecule has 6 aromatic carbocycles. The van der Waals surface area contributed by atoms with Gasteiger partial charge in [-0.15, -0.1) is 35.2 Å². The zero-order valence-electron chi connectivity index (χ0n) is 42.1. The van der Waals surface area contributed by atoms with E-state index < -0.39 is 17.2 Å². The first kappa shape index (κ1) is 47.8. The number of anilines is 3. The predicted octanol–water partition coefficient (Wildman–Crippen LogP) is 16.2. The average Bonchev–Trinajstić information content (AvgIpc) is 3.89. The smallest absolute Gasteiger partial charge is 0.416 e. The van der Waals surface area contributed by atoms with Gasteiger partial charge in [-0.25, -0.2) is 4.98 Å². The van der Waals surface area contributed by atoms with E-state index in [9.17, 15) is 13.2 Å². The minimum atomic E-state index is -4.50. The summed E-state index contributed by atoms with van der Waals surface area (Å²) in [5, 5.41) is 1.06. The predicted molar refractivity (Wildman–Crippen MR) is 275 cm³/mol. The summed E-state index contributed by atoms with van der Waals surface area (Å²) < 4.78 is 50.9. The fourth-order valence-corrected chi connectivity index (χ4v) is 11.2. The van der Waals surface area contributed by atoms with Gasteiger partial charge in [0.1, 0.15) is 5.82 Å². The first-order valence-corrected chi connectivity index (χ1v) is 23.9. The van der Waals surface area contributed by atoms with Crippen molar-refractivity contribution < 1.29 is 39.0 Å². The van der Waals surface area contributed by atoms with Crippen LogP contribution in [0.4, 0.5) is 30.2 Å². The molecular weight excluding hydrogens is 1060 g/mol. The second-order valence-corrected chi connectivity index (χ2v) is 23.4. The molecule has 1 aliphatic carbocycles. The molecule has 0 amide bonds. The van der Waals surface area contributed by atoms with E-state index in [2.05, 4.69) is 172 Å². The molecule has 0 atom stereocenters. The Morgan fingerprint density at radius 3 is 1.79 bits per heavy atom. The van der Waals surface area contributed by atoms with Crippen molar-refractivity contribution in [2.75, 3.05) is 16.8 Å². The third-order valence-corrected chi connectivity index (χ3v) is 14.6. The molecule has 362 valence electrons. The number of ether oxygens (including phenoxy) is 1. The molecule has 8 aromatic rings. The molecule has 0 saturated heterocycles. The van der Waals surface area contributed by atoms with Crippen LogP contribution in [-0.2, 0) is 54.3 Å². The molecule has 9 heteroatoms. The van der Waals surface area contributed by atoms with Gasteiger partial charge in [-0.3, -0.25) is 0 Å². The molecular formula is C61H58F3N4OPt-3. The number of benzene rings is 6. The van der Waals surface area contributed by atoms with Crippen molar-refractivity contribution in [2.24, 2.45) is 0 Å². The van der Waals surface area contributed by atoms with Crippen LogP contribution in [0.3, 0.4) is 0 Å². The summed E-state index contributed by atoms with van der Waals surface area (Å²) in [4.78, 5) is 9.08. The van der Waals surface area contributed by atoms with Crippen molar-refractivity contribution in [3.8, 4) is 28.4 Å². The van der Waals surface area contributed by atoms with Gasteiger partial charge >= 0.3 is 6.18 Å². The molecule has 0 unspecified atom stereocenters. The minimum Gasteiger partial charge on any atom is -0.509 e. The summed E-state index contributed by atoms with van der Waals surface area (Å²) in [5.74, 6) is 1.44. The fraction of sp³-hybridized carbons (Fsp3) is 0.311. The van der Waals surface area contributed by atoms with Gasteiger partial charge < -0.3 is 19.1 Å². The summed E-state index contributed by atoms with van der Waals surface area (Å²) >= 11 is 0. The van der Waals surface area contributed by atoms with Crippen LogP contribution in [0.1, 0.15) is 133 Å². The summed E-state index contributed by atoms with van der Waals surface area (Å²) in [6, 6.07) is 41.2. The van der Waals surface area contributed by atoms with Gasteiger partial charge in [0, 0.05) is 61.1 Å². The molecule has 2 aromatic heterocycles. The number of rotatable bonds is 3. The standard InChI is InChI=1S/C61H58F3N4O.Pt/c1-56(2,3)36-28-42-43-29-37(57(4,5)6)31-47(59(10,11)12)54(43)60(53(42)46(30-36)58(7,8)9)44-24-22-39(33-51(44)67-34-66(13)49-18-16-17-45(60)55(49)67)69-38-21-23-40-41-27-35(61(62,63)64)20-25-48(41)68(50(40)32-38)52-19-14-15-26-65-52;/h14-31,34H,1-13H3;/q-3;. The summed E-state index contributed by atoms with van der Waals surface area (Å²) in [6.07, 6.45) is -2.83. The van der Waals surface area contributed by atoms with Gasteiger partial charge in [0.2, 0.25) is 0 Å². The van der Waals surface area contributed by atoms with E-state index in [4.69, 9.17) is 4.74 Å². The second-order valence-electron chi connectivity index (χ2n) is 23.4. The molecule has 1 spiro atoms. The maximum Gasteiger partial charge on any atom is 0.416 e. The van der Waals surface area contributed by atoms with Crippen LogP contribution < -0.4 is 14.5 Å². The third-order valence-electron chi connectivity index (χ3n) is 14.6. The van der Waals surface area contributed by atoms with E-state index in [-0.39, 0.29) is 42.7 Å². The van der Waals surface area contributed by atoms with Crippen LogP contribution in [-0.4, -0.2) is 16.6 Å². The molecule has 0 fully saturated rings. The number of fused-ring (bicyclic) bond motifs is 12. The Morgan fingerprint density at radius 2 is 1.21 bits per heavy atom. The number of alkyl halides is 3. The van der Waals surface area contributed by atoms with Crippen LogP contribution in [0.25, 0.3) is 38.8 Å². The number of nitrogens with zero attached hydrogens (tertiary/aromatic N) is 4. The first-order valence-electron chi connectivity index (χ1n) is 23.9. The topological polar surface area (TPSA) is 33.5 Å². The summed E-state index contributed by atoms with van der Waals surface area (Å²) in [5.41, 5.74) is 14.9. The average molecular weight is 1120 g/mol. The van der Waals surface area contributed by atoms with Gasteiger partial charge in [0.15, 0.2) is 0 Å². The zero-order valence-corrected chi connectivity index (χ0v) is 44.4. The van der Waals surface area contributed by atoms with Crippen molar-refractivity contribution in [3.05, 3.63) is 178 Å². The summed E-state index contributed by atoms with van der Waals surface area (Å²) in [6.45, 7) is 30.1. The van der Waals surface area contributed by atoms with Crippen molar-refractivity contribution in [3.63, 3.8) is 0 Å². The largest absolute Gasteiger partial charge is 0.509 e. The van der Waals surface area contributed by atoms with Crippen molar-refractivity contribution in [1.82, 2.24) is 9.55 Å². The Kier molecular flexibility index (Phi) is 10.6. The van der Waals surface area contributed by atoms with Crippen LogP contribution in [0.15, 0.2) is 109 Å². The van der Waals surface area contributed by atoms with Gasteiger partial charge in [0.05, 0.1) is 5.56 Å². The van der Waals surface area contributed by atoms with Crippen molar-refractivity contribution >= 4 is 38.9 Å². The number of hydrogen-bond donors (Lipinski definition) is 0. The fourth-order valence-electron chi connectivity index (χ4n) is 11.2. The van der Waals surface area contributed by atoms with Crippen molar-refractivity contribution in [1.29, 1.82) is 0 Å². The Balaban J connectivity index is 0.00000567. The number of aromatic nitrogens is 2. The van der Waals surface area contributed by atoms with E-state index in [1.165, 1.54) is 62.2 Å². The Bertz CT molecular complexity index is 3370. The molecule has 11 rings (SSSR count). The monoisotopic (exact) mass is 1110 g/mol. The van der Waals surface area contributed by atoms with E-state index in [0.717, 1.165) is 28.7 Å². The molecule has 2 aliphatic heterocycles. The van der Waals surface area contributed by atoms with Crippen LogP contribution in [0.5, 0.6) is 11.5 Å². The van der Waals surface area contributed by atoms with Gasteiger partial charge in [-0.05, 0) is 114 Å². The van der Waals surface area contributed by atoms with Crippen LogP contribution >= 0.6 is 0 Å². The van der Waals surface area contributed by atoms with E-state index in [1.807, 2.05) is 34.9 Å². The van der Waals surface area contributed by atoms with Gasteiger partial charge in [0.25, 0.3) is 0 Å². The summed E-state index contributed by atoms with van der Waals surface area (Å²) in [7, 11) is 2.10. The Morgan fingerprint density at radius 1 is 0.600 bits per heavy atom. The van der Waals surface area contributed by atoms with Crippen LogP contribution in [0, 0.1) is 18.8 Å².